The number of nitrogens with one attached hydrogen (secondary N) is 1. The van der Waals surface area contributed by atoms with Gasteiger partial charge in [-0.1, -0.05) is 11.6 Å². The number of hydrogen-bond donors (Lipinski definition) is 2. The first-order valence-electron chi connectivity index (χ1n) is 6.01. The van der Waals surface area contributed by atoms with Crippen LogP contribution in [0.5, 0.6) is 0 Å². The van der Waals surface area contributed by atoms with E-state index in [1.807, 2.05) is 22.6 Å². The van der Waals surface area contributed by atoms with Crippen LogP contribution >= 0.6 is 34.2 Å². The smallest absolute Gasteiger partial charge is 0.201 e. The van der Waals surface area contributed by atoms with Gasteiger partial charge in [0, 0.05) is 21.4 Å². The van der Waals surface area contributed by atoms with E-state index in [1.165, 1.54) is 12.4 Å². The number of nitrogen functional groups attached to an aromatic ring is 1. The number of nitrogens with zero attached hydrogens (tertiary/aromatic N) is 1. The number of nitrogens with two attached hydrogens (primary N) is 1. The van der Waals surface area contributed by atoms with Crippen LogP contribution in [0.4, 0.5) is 14.5 Å². The summed E-state index contributed by atoms with van der Waals surface area (Å²) in [6.07, 6.45) is 2.78. The van der Waals surface area contributed by atoms with Crippen molar-refractivity contribution in [2.75, 3.05) is 5.73 Å². The monoisotopic (exact) mass is 433 g/mol. The van der Waals surface area contributed by atoms with E-state index in [4.69, 9.17) is 17.3 Å². The number of halogens is 4. The molecule has 112 valence electrons. The van der Waals surface area contributed by atoms with Crippen molar-refractivity contribution in [1.29, 1.82) is 0 Å². The Morgan fingerprint density at radius 2 is 2.09 bits per heavy atom. The fourth-order valence-electron chi connectivity index (χ4n) is 2.12. The molecule has 0 saturated carbocycles. The number of carbonyl (C=O) groups is 1. The maximum atomic E-state index is 14.0. The summed E-state index contributed by atoms with van der Waals surface area (Å²) in [7, 11) is 0. The normalized spacial score (nSPS) is 11.1. The first-order chi connectivity index (χ1) is 10.4. The second kappa shape index (κ2) is 5.47. The second-order valence-electron chi connectivity index (χ2n) is 4.50. The van der Waals surface area contributed by atoms with Gasteiger partial charge >= 0.3 is 0 Å². The number of hydrogen-bond acceptors (Lipinski definition) is 3. The van der Waals surface area contributed by atoms with Crippen LogP contribution in [0.2, 0.25) is 5.02 Å². The van der Waals surface area contributed by atoms with Gasteiger partial charge in [-0.15, -0.1) is 0 Å². The molecule has 1 aromatic carbocycles. The molecule has 0 amide bonds. The van der Waals surface area contributed by atoms with Crippen LogP contribution in [-0.2, 0) is 0 Å². The van der Waals surface area contributed by atoms with Gasteiger partial charge in [0.15, 0.2) is 5.82 Å². The number of ketones is 1. The van der Waals surface area contributed by atoms with E-state index < -0.39 is 23.0 Å². The zero-order chi connectivity index (χ0) is 16.0. The molecular formula is C14H7ClF2IN3O. The first kappa shape index (κ1) is 15.2. The molecule has 3 N–H and O–H groups in total. The van der Waals surface area contributed by atoms with Gasteiger partial charge < -0.3 is 10.7 Å². The lowest BCUT2D eigenvalue weighted by molar-refractivity contribution is 0.103. The fraction of sp³-hybridized carbons (Fsp3) is 0. The third-order valence-electron chi connectivity index (χ3n) is 3.19. The number of benzene rings is 1. The summed E-state index contributed by atoms with van der Waals surface area (Å²) in [6.45, 7) is 0. The van der Waals surface area contributed by atoms with E-state index in [-0.39, 0.29) is 11.3 Å². The maximum Gasteiger partial charge on any atom is 0.201 e. The van der Waals surface area contributed by atoms with E-state index in [2.05, 4.69) is 9.97 Å². The van der Waals surface area contributed by atoms with Crippen molar-refractivity contribution in [3.63, 3.8) is 0 Å². The minimum atomic E-state index is -1.08. The summed E-state index contributed by atoms with van der Waals surface area (Å²) in [6, 6.07) is 2.02. The number of carbonyl (C=O) groups excluding carboxylic acids is 1. The predicted molar refractivity (Wildman–Crippen MR) is 88.0 cm³/mol. The molecule has 8 heteroatoms. The quantitative estimate of drug-likeness (QED) is 0.366. The molecule has 22 heavy (non-hydrogen) atoms. The van der Waals surface area contributed by atoms with Crippen molar-refractivity contribution in [1.82, 2.24) is 9.97 Å². The Kier molecular flexibility index (Phi) is 3.77. The first-order valence-corrected chi connectivity index (χ1v) is 7.46. The summed E-state index contributed by atoms with van der Waals surface area (Å²) in [5.74, 6) is -2.88. The van der Waals surface area contributed by atoms with E-state index in [9.17, 15) is 13.6 Å². The molecule has 0 unspecified atom stereocenters. The second-order valence-corrected chi connectivity index (χ2v) is 5.99. The van der Waals surface area contributed by atoms with Gasteiger partial charge in [-0.3, -0.25) is 4.79 Å². The molecule has 0 aliphatic heterocycles. The third kappa shape index (κ3) is 2.24. The highest BCUT2D eigenvalue weighted by Crippen LogP contribution is 2.31. The SMILES string of the molecule is Nc1ccc(F)c(C(=O)c2c[nH]c3ncc(Cl)c(I)c23)c1F. The standard InChI is InChI=1S/C14H7ClF2IN3O/c15-6-4-21-14-9(12(6)18)5(3-20-14)13(22)10-7(16)1-2-8(19)11(10)17/h1-4H,19H2,(H,20,21). The molecule has 0 radical (unpaired) electrons. The Labute approximate surface area is 141 Å². The average Bonchev–Trinajstić information content (AvgIpc) is 2.92. The predicted octanol–water partition coefficient (Wildman–Crippen LogP) is 3.91. The molecule has 0 spiro atoms. The van der Waals surface area contributed by atoms with Crippen molar-refractivity contribution in [3.05, 3.63) is 55.9 Å². The number of rotatable bonds is 2. The van der Waals surface area contributed by atoms with E-state index in [0.29, 0.717) is 19.6 Å². The van der Waals surface area contributed by atoms with Crippen molar-refractivity contribution < 1.29 is 13.6 Å². The summed E-state index contributed by atoms with van der Waals surface area (Å²) < 4.78 is 28.5. The molecular weight excluding hydrogens is 427 g/mol. The number of aromatic nitrogens is 2. The Morgan fingerprint density at radius 3 is 2.82 bits per heavy atom. The van der Waals surface area contributed by atoms with Crippen molar-refractivity contribution in [2.24, 2.45) is 0 Å². The average molecular weight is 434 g/mol. The van der Waals surface area contributed by atoms with Crippen molar-refractivity contribution in [3.8, 4) is 0 Å². The number of anilines is 1. The molecule has 3 aromatic rings. The number of aromatic amines is 1. The highest BCUT2D eigenvalue weighted by molar-refractivity contribution is 14.1. The lowest BCUT2D eigenvalue weighted by Crippen LogP contribution is -2.09. The van der Waals surface area contributed by atoms with Gasteiger partial charge in [-0.2, -0.15) is 0 Å². The Morgan fingerprint density at radius 1 is 1.36 bits per heavy atom. The van der Waals surface area contributed by atoms with Crippen LogP contribution in [0.1, 0.15) is 15.9 Å². The van der Waals surface area contributed by atoms with Crippen LogP contribution < -0.4 is 5.73 Å². The zero-order valence-electron chi connectivity index (χ0n) is 10.8. The lowest BCUT2D eigenvalue weighted by Gasteiger charge is -2.06. The zero-order valence-corrected chi connectivity index (χ0v) is 13.7. The molecule has 0 fully saturated rings. The molecule has 0 saturated heterocycles. The summed E-state index contributed by atoms with van der Waals surface area (Å²) in [5, 5.41) is 0.759. The van der Waals surface area contributed by atoms with Gasteiger partial charge in [-0.05, 0) is 34.7 Å². The molecule has 3 rings (SSSR count). The topological polar surface area (TPSA) is 71.8 Å². The van der Waals surface area contributed by atoms with Crippen LogP contribution in [-0.4, -0.2) is 15.8 Å². The van der Waals surface area contributed by atoms with Crippen LogP contribution in [0.25, 0.3) is 11.0 Å². The highest BCUT2D eigenvalue weighted by Gasteiger charge is 2.25. The largest absolute Gasteiger partial charge is 0.396 e. The maximum absolute atomic E-state index is 14.0. The van der Waals surface area contributed by atoms with Gasteiger partial charge in [-0.25, -0.2) is 13.8 Å². The summed E-state index contributed by atoms with van der Waals surface area (Å²) in [4.78, 5) is 19.4. The molecule has 0 atom stereocenters. The molecule has 0 aliphatic rings. The molecule has 0 bridgehead atoms. The summed E-state index contributed by atoms with van der Waals surface area (Å²) in [5.41, 5.74) is 4.90. The van der Waals surface area contributed by atoms with Crippen LogP contribution in [0.15, 0.2) is 24.5 Å². The molecule has 2 heterocycles. The Hall–Kier alpha value is -1.74. The van der Waals surface area contributed by atoms with Gasteiger partial charge in [0.1, 0.15) is 11.5 Å². The van der Waals surface area contributed by atoms with Gasteiger partial charge in [0.25, 0.3) is 0 Å². The molecule has 4 nitrogen and oxygen atoms in total. The number of fused-ring (bicyclic) bond motifs is 1. The Bertz CT molecular complexity index is 926. The highest BCUT2D eigenvalue weighted by atomic mass is 127. The Balaban J connectivity index is 2.27. The fourth-order valence-corrected chi connectivity index (χ4v) is 2.95. The third-order valence-corrected chi connectivity index (χ3v) is 4.91. The number of H-pyrrole nitrogens is 1. The van der Waals surface area contributed by atoms with Crippen LogP contribution in [0, 0.1) is 15.2 Å². The summed E-state index contributed by atoms with van der Waals surface area (Å²) >= 11 is 7.94. The molecule has 2 aromatic heterocycles. The minimum Gasteiger partial charge on any atom is -0.396 e. The van der Waals surface area contributed by atoms with Crippen molar-refractivity contribution >= 4 is 56.7 Å². The van der Waals surface area contributed by atoms with E-state index >= 15 is 0 Å². The van der Waals surface area contributed by atoms with E-state index in [1.54, 1.807) is 0 Å². The van der Waals surface area contributed by atoms with Crippen molar-refractivity contribution in [2.45, 2.75) is 0 Å². The van der Waals surface area contributed by atoms with Gasteiger partial charge in [0.2, 0.25) is 5.78 Å². The lowest BCUT2D eigenvalue weighted by atomic mass is 10.0. The number of pyridine rings is 1. The van der Waals surface area contributed by atoms with Crippen LogP contribution in [0.3, 0.4) is 0 Å². The van der Waals surface area contributed by atoms with E-state index in [0.717, 1.165) is 12.1 Å². The minimum absolute atomic E-state index is 0.0813. The van der Waals surface area contributed by atoms with Gasteiger partial charge in [0.05, 0.1) is 21.8 Å². The molecule has 0 aliphatic carbocycles.